The third-order valence-electron chi connectivity index (χ3n) is 4.61. The Balaban J connectivity index is 0.000000320. The fourth-order valence-corrected chi connectivity index (χ4v) is 4.34. The molecule has 0 aliphatic heterocycles. The second-order valence-corrected chi connectivity index (χ2v) is 11.9. The number of nitrogen functional groups attached to an aromatic ring is 1. The van der Waals surface area contributed by atoms with Crippen LogP contribution in [0.1, 0.15) is 5.56 Å². The third-order valence-corrected chi connectivity index (χ3v) is 7.14. The minimum absolute atomic E-state index is 0. The van der Waals surface area contributed by atoms with Crippen LogP contribution >= 0.6 is 0 Å². The average molecular weight is 634 g/mol. The molecule has 0 saturated heterocycles. The van der Waals surface area contributed by atoms with Crippen molar-refractivity contribution >= 4 is 36.0 Å². The van der Waals surface area contributed by atoms with E-state index in [1.165, 1.54) is 60.7 Å². The molecule has 0 heterocycles. The normalized spacial score (nSPS) is 11.0. The molecule has 0 radical (unpaired) electrons. The average Bonchev–Trinajstić information content (AvgIpc) is 2.88. The summed E-state index contributed by atoms with van der Waals surface area (Å²) in [6.07, 6.45) is 0. The van der Waals surface area contributed by atoms with E-state index in [1.807, 2.05) is 30.3 Å². The summed E-state index contributed by atoms with van der Waals surface area (Å²) in [5.74, 6) is 0.163. The summed E-state index contributed by atoms with van der Waals surface area (Å²) in [5.41, 5.74) is 6.55. The molecule has 4 aromatic carbocycles. The second kappa shape index (κ2) is 15.9. The van der Waals surface area contributed by atoms with Crippen LogP contribution in [0.4, 0.5) is 5.69 Å². The molecule has 0 amide bonds. The van der Waals surface area contributed by atoms with E-state index < -0.39 is 30.4 Å². The monoisotopic (exact) mass is 633 g/mol. The van der Waals surface area contributed by atoms with Gasteiger partial charge in [0.2, 0.25) is 0 Å². The number of nitrogens with two attached hydrogens (primary N) is 1. The Bertz CT molecular complexity index is 1680. The minimum Gasteiger partial charge on any atom is -0.744 e. The van der Waals surface area contributed by atoms with Gasteiger partial charge >= 0.3 is 29.6 Å². The molecule has 12 nitrogen and oxygen atoms in total. The van der Waals surface area contributed by atoms with Crippen LogP contribution in [0, 0.1) is 0 Å². The van der Waals surface area contributed by atoms with E-state index in [-0.39, 0.29) is 50.0 Å². The first-order valence-electron chi connectivity index (χ1n) is 10.9. The molecule has 0 bridgehead atoms. The van der Waals surface area contributed by atoms with Gasteiger partial charge < -0.3 is 20.1 Å². The Morgan fingerprint density at radius 3 is 1.63 bits per heavy atom. The molecule has 0 saturated carbocycles. The molecule has 0 atom stereocenters. The van der Waals surface area contributed by atoms with E-state index in [4.69, 9.17) is 24.7 Å². The van der Waals surface area contributed by atoms with Crippen molar-refractivity contribution in [2.75, 3.05) is 5.73 Å². The number of ether oxygens (including phenoxy) is 1. The van der Waals surface area contributed by atoms with Gasteiger partial charge in [-0.15, -0.1) is 0 Å². The van der Waals surface area contributed by atoms with Crippen molar-refractivity contribution in [2.24, 2.45) is 0 Å². The van der Waals surface area contributed by atoms with Crippen molar-refractivity contribution in [3.05, 3.63) is 109 Å². The molecule has 0 spiro atoms. The molecular weight excluding hydrogens is 609 g/mol. The summed E-state index contributed by atoms with van der Waals surface area (Å²) in [7, 11) is -12.7. The summed E-state index contributed by atoms with van der Waals surface area (Å²) >= 11 is 0. The largest absolute Gasteiger partial charge is 1.00 e. The standard InChI is InChI=1S/C13H12O4S.C6H7NO3S.C6H6O4S.Na/c14-18(15,16)13-8-4-7-12(9-13)17-10-11-5-2-1-3-6-11;2*7-5-2-1-3-6(4-5)11(8,9)10;/h1-9H,10H2,(H,14,15,16);1-4H,7H2,(H,8,9,10);1-4,7H,(H,8,9,10);/q;;;+1/p-1. The fourth-order valence-electron chi connectivity index (χ4n) is 2.78. The van der Waals surface area contributed by atoms with E-state index in [9.17, 15) is 29.8 Å². The molecule has 4 aromatic rings. The van der Waals surface area contributed by atoms with Crippen LogP contribution in [0.5, 0.6) is 11.5 Å². The van der Waals surface area contributed by atoms with Crippen LogP contribution in [0.2, 0.25) is 0 Å². The predicted octanol–water partition coefficient (Wildman–Crippen LogP) is 0.328. The summed E-state index contributed by atoms with van der Waals surface area (Å²) in [6.45, 7) is 0.323. The van der Waals surface area contributed by atoms with E-state index in [1.54, 1.807) is 6.07 Å². The van der Waals surface area contributed by atoms with Crippen molar-refractivity contribution in [1.82, 2.24) is 0 Å². The zero-order chi connectivity index (χ0) is 30.0. The SMILES string of the molecule is Nc1cccc(S(=O)(=O)O)c1.O=S(=O)(O)c1cccc(O)c1.O=S(=O)([O-])c1cccc(OCc2ccccc2)c1.[Na+]. The van der Waals surface area contributed by atoms with Crippen molar-refractivity contribution in [3.63, 3.8) is 0 Å². The molecule has 0 unspecified atom stereocenters. The molecule has 0 aliphatic carbocycles. The van der Waals surface area contributed by atoms with Gasteiger partial charge in [0.25, 0.3) is 20.2 Å². The van der Waals surface area contributed by atoms with E-state index in [2.05, 4.69) is 0 Å². The van der Waals surface area contributed by atoms with Crippen LogP contribution in [0.3, 0.4) is 0 Å². The first kappa shape index (κ1) is 36.0. The first-order valence-corrected chi connectivity index (χ1v) is 15.2. The Morgan fingerprint density at radius 1 is 0.659 bits per heavy atom. The molecule has 214 valence electrons. The topological polar surface area (TPSA) is 221 Å². The van der Waals surface area contributed by atoms with Crippen molar-refractivity contribution < 1.29 is 78.3 Å². The van der Waals surface area contributed by atoms with Gasteiger partial charge in [0.15, 0.2) is 0 Å². The maximum atomic E-state index is 10.8. The van der Waals surface area contributed by atoms with Gasteiger partial charge in [-0.3, -0.25) is 9.11 Å². The number of phenolic OH excluding ortho intramolecular Hbond substituents is 1. The number of hydrogen-bond acceptors (Lipinski definition) is 10. The zero-order valence-electron chi connectivity index (χ0n) is 21.4. The second-order valence-electron chi connectivity index (χ2n) is 7.72. The summed E-state index contributed by atoms with van der Waals surface area (Å²) in [6, 6.07) is 25.3. The molecule has 16 heteroatoms. The van der Waals surface area contributed by atoms with Gasteiger partial charge in [0.05, 0.1) is 14.7 Å². The Kier molecular flexibility index (Phi) is 13.9. The maximum Gasteiger partial charge on any atom is 1.00 e. The van der Waals surface area contributed by atoms with Gasteiger partial charge in [-0.25, -0.2) is 8.42 Å². The van der Waals surface area contributed by atoms with Gasteiger partial charge in [-0.1, -0.05) is 48.5 Å². The third kappa shape index (κ3) is 13.5. The number of rotatable bonds is 6. The van der Waals surface area contributed by atoms with Crippen molar-refractivity contribution in [2.45, 2.75) is 21.3 Å². The predicted molar refractivity (Wildman–Crippen MR) is 144 cm³/mol. The summed E-state index contributed by atoms with van der Waals surface area (Å²) in [5, 5.41) is 8.80. The van der Waals surface area contributed by atoms with Crippen molar-refractivity contribution in [3.8, 4) is 11.5 Å². The molecule has 0 aliphatic rings. The number of benzene rings is 4. The molecule has 0 aromatic heterocycles. The maximum absolute atomic E-state index is 10.8. The van der Waals surface area contributed by atoms with E-state index in [0.717, 1.165) is 11.6 Å². The van der Waals surface area contributed by atoms with Crippen LogP contribution < -0.4 is 40.0 Å². The smallest absolute Gasteiger partial charge is 0.744 e. The minimum atomic E-state index is -4.44. The first-order chi connectivity index (χ1) is 18.6. The van der Waals surface area contributed by atoms with Gasteiger partial charge in [0.1, 0.15) is 28.2 Å². The number of aromatic hydroxyl groups is 1. The van der Waals surface area contributed by atoms with Crippen LogP contribution in [-0.4, -0.2) is 44.0 Å². The molecule has 0 fully saturated rings. The Morgan fingerprint density at radius 2 is 1.17 bits per heavy atom. The fraction of sp³-hybridized carbons (Fsp3) is 0.0400. The van der Waals surface area contributed by atoms with Crippen molar-refractivity contribution in [1.29, 1.82) is 0 Å². The Hall–Kier alpha value is -2.99. The number of anilines is 1. The van der Waals surface area contributed by atoms with Gasteiger partial charge in [-0.2, -0.15) is 16.8 Å². The zero-order valence-corrected chi connectivity index (χ0v) is 25.9. The molecular formula is C25H24NNaO11S3. The van der Waals surface area contributed by atoms with E-state index >= 15 is 0 Å². The van der Waals surface area contributed by atoms with Gasteiger partial charge in [0, 0.05) is 11.8 Å². The molecule has 4 rings (SSSR count). The van der Waals surface area contributed by atoms with Crippen LogP contribution in [-0.2, 0) is 37.0 Å². The van der Waals surface area contributed by atoms with Crippen LogP contribution in [0.25, 0.3) is 0 Å². The Labute approximate surface area is 260 Å². The number of phenols is 1. The molecule has 5 N–H and O–H groups in total. The van der Waals surface area contributed by atoms with Crippen LogP contribution in [0.15, 0.2) is 118 Å². The summed E-state index contributed by atoms with van der Waals surface area (Å²) < 4.78 is 96.8. The van der Waals surface area contributed by atoms with E-state index in [0.29, 0.717) is 18.0 Å². The van der Waals surface area contributed by atoms with Gasteiger partial charge in [-0.05, 0) is 54.1 Å². The molecule has 41 heavy (non-hydrogen) atoms. The summed E-state index contributed by atoms with van der Waals surface area (Å²) in [4.78, 5) is -0.775. The number of hydrogen-bond donors (Lipinski definition) is 4. The quantitative estimate of drug-likeness (QED) is 0.128.